The first-order valence-electron chi connectivity index (χ1n) is 5.97. The molecule has 2 atom stereocenters. The molecular formula is C12H25NO2. The fourth-order valence-corrected chi connectivity index (χ4v) is 1.62. The highest BCUT2D eigenvalue weighted by molar-refractivity contribution is 5.78. The predicted octanol–water partition coefficient (Wildman–Crippen LogP) is 2.80. The van der Waals surface area contributed by atoms with E-state index in [0.29, 0.717) is 6.42 Å². The van der Waals surface area contributed by atoms with Gasteiger partial charge in [-0.25, -0.2) is 0 Å². The van der Waals surface area contributed by atoms with Gasteiger partial charge in [-0.15, -0.1) is 0 Å². The van der Waals surface area contributed by atoms with E-state index < -0.39 is 11.5 Å². The maximum absolute atomic E-state index is 11.2. The minimum absolute atomic E-state index is 0.257. The van der Waals surface area contributed by atoms with Gasteiger partial charge in [0.15, 0.2) is 0 Å². The third kappa shape index (κ3) is 5.17. The van der Waals surface area contributed by atoms with Crippen LogP contribution in [0.5, 0.6) is 0 Å². The second-order valence-electron chi connectivity index (χ2n) is 4.55. The molecule has 2 N–H and O–H groups in total. The summed E-state index contributed by atoms with van der Waals surface area (Å²) < 4.78 is 0. The van der Waals surface area contributed by atoms with Crippen molar-refractivity contribution in [2.45, 2.75) is 71.4 Å². The van der Waals surface area contributed by atoms with Crippen LogP contribution in [0.1, 0.15) is 59.8 Å². The quantitative estimate of drug-likeness (QED) is 0.612. The highest BCUT2D eigenvalue weighted by Crippen LogP contribution is 2.16. The Morgan fingerprint density at radius 3 is 2.40 bits per heavy atom. The molecule has 0 bridgehead atoms. The first-order chi connectivity index (χ1) is 6.96. The lowest BCUT2D eigenvalue weighted by Gasteiger charge is -2.29. The van der Waals surface area contributed by atoms with E-state index in [2.05, 4.69) is 19.2 Å². The fraction of sp³-hybridized carbons (Fsp3) is 0.917. The number of hydrogen-bond acceptors (Lipinski definition) is 2. The minimum atomic E-state index is -0.759. The molecule has 0 heterocycles. The zero-order chi connectivity index (χ0) is 11.9. The smallest absolute Gasteiger partial charge is 0.323 e. The molecule has 15 heavy (non-hydrogen) atoms. The van der Waals surface area contributed by atoms with E-state index in [9.17, 15) is 9.90 Å². The summed E-state index contributed by atoms with van der Waals surface area (Å²) in [6.45, 7) is 8.00. The van der Waals surface area contributed by atoms with E-state index in [4.69, 9.17) is 0 Å². The van der Waals surface area contributed by atoms with Crippen LogP contribution < -0.4 is 5.32 Å². The summed E-state index contributed by atoms with van der Waals surface area (Å²) in [5, 5.41) is 12.4. The maximum Gasteiger partial charge on any atom is 0.323 e. The van der Waals surface area contributed by atoms with Crippen LogP contribution >= 0.6 is 0 Å². The van der Waals surface area contributed by atoms with Crippen molar-refractivity contribution >= 4 is 5.97 Å². The predicted molar refractivity (Wildman–Crippen MR) is 63.1 cm³/mol. The molecule has 0 aliphatic carbocycles. The van der Waals surface area contributed by atoms with Crippen LogP contribution in [0.15, 0.2) is 0 Å². The first kappa shape index (κ1) is 14.4. The largest absolute Gasteiger partial charge is 0.480 e. The Labute approximate surface area is 93.3 Å². The van der Waals surface area contributed by atoms with Crippen molar-refractivity contribution < 1.29 is 9.90 Å². The van der Waals surface area contributed by atoms with Crippen molar-refractivity contribution in [3.8, 4) is 0 Å². The van der Waals surface area contributed by atoms with Gasteiger partial charge in [0.05, 0.1) is 0 Å². The summed E-state index contributed by atoms with van der Waals surface area (Å²) in [7, 11) is 0. The molecule has 3 nitrogen and oxygen atoms in total. The molecule has 0 aliphatic rings. The maximum atomic E-state index is 11.2. The number of unbranched alkanes of at least 4 members (excludes halogenated alkanes) is 2. The Balaban J connectivity index is 4.25. The van der Waals surface area contributed by atoms with Crippen LogP contribution in [0.2, 0.25) is 0 Å². The number of carboxylic acids is 1. The molecule has 3 heteroatoms. The number of aliphatic carboxylic acids is 1. The molecule has 0 saturated heterocycles. The lowest BCUT2D eigenvalue weighted by Crippen LogP contribution is -2.52. The molecule has 0 radical (unpaired) electrons. The molecule has 0 saturated carbocycles. The molecule has 2 unspecified atom stereocenters. The van der Waals surface area contributed by atoms with Gasteiger partial charge in [0.25, 0.3) is 0 Å². The highest BCUT2D eigenvalue weighted by Gasteiger charge is 2.32. The van der Waals surface area contributed by atoms with E-state index in [1.165, 1.54) is 0 Å². The molecule has 0 aromatic rings. The SMILES string of the molecule is CCCCCC(C)(NC(C)CC)C(=O)O. The third-order valence-corrected chi connectivity index (χ3v) is 2.93. The van der Waals surface area contributed by atoms with Gasteiger partial charge in [-0.1, -0.05) is 33.1 Å². The molecule has 0 amide bonds. The van der Waals surface area contributed by atoms with Crippen molar-refractivity contribution in [2.75, 3.05) is 0 Å². The van der Waals surface area contributed by atoms with Crippen molar-refractivity contribution in [1.82, 2.24) is 5.32 Å². The second kappa shape index (κ2) is 6.83. The number of rotatable bonds is 8. The number of carboxylic acid groups (broad SMARTS) is 1. The molecule has 0 aromatic heterocycles. The van der Waals surface area contributed by atoms with E-state index >= 15 is 0 Å². The molecule has 0 aliphatic heterocycles. The summed E-state index contributed by atoms with van der Waals surface area (Å²) >= 11 is 0. The van der Waals surface area contributed by atoms with Gasteiger partial charge in [-0.3, -0.25) is 10.1 Å². The molecule has 90 valence electrons. The van der Waals surface area contributed by atoms with Crippen molar-refractivity contribution in [3.63, 3.8) is 0 Å². The highest BCUT2D eigenvalue weighted by atomic mass is 16.4. The Hall–Kier alpha value is -0.570. The van der Waals surface area contributed by atoms with E-state index in [1.54, 1.807) is 6.92 Å². The summed E-state index contributed by atoms with van der Waals surface area (Å²) in [6, 6.07) is 0.257. The zero-order valence-electron chi connectivity index (χ0n) is 10.5. The van der Waals surface area contributed by atoms with Gasteiger partial charge in [-0.2, -0.15) is 0 Å². The van der Waals surface area contributed by atoms with Gasteiger partial charge < -0.3 is 5.11 Å². The Morgan fingerprint density at radius 2 is 2.00 bits per heavy atom. The van der Waals surface area contributed by atoms with Crippen LogP contribution in [0.3, 0.4) is 0 Å². The van der Waals surface area contributed by atoms with E-state index in [-0.39, 0.29) is 6.04 Å². The molecule has 0 spiro atoms. The Morgan fingerprint density at radius 1 is 1.40 bits per heavy atom. The van der Waals surface area contributed by atoms with E-state index in [1.807, 2.05) is 6.92 Å². The zero-order valence-corrected chi connectivity index (χ0v) is 10.5. The van der Waals surface area contributed by atoms with Gasteiger partial charge >= 0.3 is 5.97 Å². The van der Waals surface area contributed by atoms with Gasteiger partial charge in [0, 0.05) is 6.04 Å². The Bertz CT molecular complexity index is 194. The normalized spacial score (nSPS) is 17.1. The summed E-state index contributed by atoms with van der Waals surface area (Å²) in [5.41, 5.74) is -0.759. The Kier molecular flexibility index (Phi) is 6.57. The van der Waals surface area contributed by atoms with Crippen LogP contribution in [0.4, 0.5) is 0 Å². The average molecular weight is 215 g/mol. The molecule has 0 fully saturated rings. The summed E-state index contributed by atoms with van der Waals surface area (Å²) in [6.07, 6.45) is 4.87. The fourth-order valence-electron chi connectivity index (χ4n) is 1.62. The molecule has 0 rings (SSSR count). The lowest BCUT2D eigenvalue weighted by molar-refractivity contribution is -0.144. The third-order valence-electron chi connectivity index (χ3n) is 2.93. The molecule has 0 aromatic carbocycles. The van der Waals surface area contributed by atoms with Crippen LogP contribution in [0, 0.1) is 0 Å². The van der Waals surface area contributed by atoms with Crippen molar-refractivity contribution in [2.24, 2.45) is 0 Å². The second-order valence-corrected chi connectivity index (χ2v) is 4.55. The van der Waals surface area contributed by atoms with Crippen molar-refractivity contribution in [3.05, 3.63) is 0 Å². The van der Waals surface area contributed by atoms with Gasteiger partial charge in [0.1, 0.15) is 5.54 Å². The van der Waals surface area contributed by atoms with Crippen LogP contribution in [-0.2, 0) is 4.79 Å². The molecular weight excluding hydrogens is 190 g/mol. The minimum Gasteiger partial charge on any atom is -0.480 e. The monoisotopic (exact) mass is 215 g/mol. The topological polar surface area (TPSA) is 49.3 Å². The first-order valence-corrected chi connectivity index (χ1v) is 5.97. The lowest BCUT2D eigenvalue weighted by atomic mass is 9.93. The number of carbonyl (C=O) groups is 1. The van der Waals surface area contributed by atoms with Crippen molar-refractivity contribution in [1.29, 1.82) is 0 Å². The number of hydrogen-bond donors (Lipinski definition) is 2. The van der Waals surface area contributed by atoms with Gasteiger partial charge in [0.2, 0.25) is 0 Å². The number of nitrogens with one attached hydrogen (secondary N) is 1. The summed E-state index contributed by atoms with van der Waals surface area (Å²) in [4.78, 5) is 11.2. The average Bonchev–Trinajstić information content (AvgIpc) is 2.17. The standard InChI is InChI=1S/C12H25NO2/c1-5-7-8-9-12(4,11(14)15)13-10(3)6-2/h10,13H,5-9H2,1-4H3,(H,14,15). The van der Waals surface area contributed by atoms with E-state index in [0.717, 1.165) is 25.7 Å². The van der Waals surface area contributed by atoms with Crippen LogP contribution in [0.25, 0.3) is 0 Å². The van der Waals surface area contributed by atoms with Crippen LogP contribution in [-0.4, -0.2) is 22.7 Å². The summed E-state index contributed by atoms with van der Waals surface area (Å²) in [5.74, 6) is -0.737. The van der Waals surface area contributed by atoms with Gasteiger partial charge in [-0.05, 0) is 26.7 Å².